The van der Waals surface area contributed by atoms with Gasteiger partial charge in [0, 0.05) is 0 Å². The molecule has 0 aromatic heterocycles. The number of fused-ring (bicyclic) bond motifs is 5. The fourth-order valence-electron chi connectivity index (χ4n) is 5.01. The minimum Gasteiger partial charge on any atom is -0.490 e. The Morgan fingerprint density at radius 1 is 1.09 bits per heavy atom. The number of nitrogens with zero attached hydrogens (tertiary/aromatic N) is 2. The minimum atomic E-state index is -0.540. The van der Waals surface area contributed by atoms with Crippen LogP contribution in [0.3, 0.4) is 0 Å². The third-order valence-electron chi connectivity index (χ3n) is 6.54. The molecule has 1 aliphatic heterocycles. The van der Waals surface area contributed by atoms with Gasteiger partial charge in [0.2, 0.25) is 0 Å². The number of halogens is 1. The van der Waals surface area contributed by atoms with E-state index in [1.54, 1.807) is 31.2 Å². The number of allylic oxidation sites excluding steroid dienone is 2. The van der Waals surface area contributed by atoms with Gasteiger partial charge in [-0.25, -0.2) is 4.39 Å². The van der Waals surface area contributed by atoms with Crippen LogP contribution in [0.25, 0.3) is 0 Å². The first-order chi connectivity index (χ1) is 17.0. The number of hydrogen-bond acceptors (Lipinski definition) is 6. The smallest absolute Gasteiger partial charge is 0.262 e. The number of hydrogen-bond donors (Lipinski definition) is 1. The Morgan fingerprint density at radius 3 is 2.49 bits per heavy atom. The summed E-state index contributed by atoms with van der Waals surface area (Å²) >= 11 is 0. The summed E-state index contributed by atoms with van der Waals surface area (Å²) in [7, 11) is 0. The van der Waals surface area contributed by atoms with Crippen molar-refractivity contribution in [2.75, 3.05) is 18.5 Å². The van der Waals surface area contributed by atoms with Crippen LogP contribution in [0.5, 0.6) is 11.5 Å². The van der Waals surface area contributed by atoms with Gasteiger partial charge in [0.05, 0.1) is 30.3 Å². The molecule has 3 amide bonds. The van der Waals surface area contributed by atoms with Crippen LogP contribution in [0.15, 0.2) is 59.7 Å². The predicted octanol–water partition coefficient (Wildman–Crippen LogP) is 3.38. The number of imide groups is 1. The summed E-state index contributed by atoms with van der Waals surface area (Å²) in [6.45, 7) is 1.80. The van der Waals surface area contributed by atoms with Crippen LogP contribution in [-0.2, 0) is 14.4 Å². The summed E-state index contributed by atoms with van der Waals surface area (Å²) in [6, 6.07) is 10.8. The van der Waals surface area contributed by atoms with Crippen molar-refractivity contribution in [3.63, 3.8) is 0 Å². The number of ether oxygens (including phenoxy) is 2. The van der Waals surface area contributed by atoms with Crippen LogP contribution in [0.2, 0.25) is 0 Å². The zero-order chi connectivity index (χ0) is 24.5. The number of carbonyl (C=O) groups is 3. The molecule has 3 aliphatic rings. The molecule has 2 aliphatic carbocycles. The van der Waals surface area contributed by atoms with Gasteiger partial charge in [-0.3, -0.25) is 14.4 Å². The fraction of sp³-hybridized carbons (Fsp3) is 0.308. The summed E-state index contributed by atoms with van der Waals surface area (Å²) in [5.41, 5.74) is 0.659. The molecule has 5 rings (SSSR count). The zero-order valence-corrected chi connectivity index (χ0v) is 19.0. The number of nitrogens with one attached hydrogen (secondary N) is 1. The highest BCUT2D eigenvalue weighted by Crippen LogP contribution is 2.52. The second kappa shape index (κ2) is 9.32. The van der Waals surface area contributed by atoms with Gasteiger partial charge in [-0.1, -0.05) is 24.3 Å². The van der Waals surface area contributed by atoms with E-state index in [2.05, 4.69) is 10.4 Å². The van der Waals surface area contributed by atoms with E-state index in [-0.39, 0.29) is 47.8 Å². The van der Waals surface area contributed by atoms with Crippen molar-refractivity contribution in [2.45, 2.75) is 13.3 Å². The van der Waals surface area contributed by atoms with Gasteiger partial charge in [-0.2, -0.15) is 10.1 Å². The Labute approximate surface area is 201 Å². The van der Waals surface area contributed by atoms with Crippen molar-refractivity contribution in [1.82, 2.24) is 5.01 Å². The van der Waals surface area contributed by atoms with Crippen LogP contribution in [-0.4, -0.2) is 42.2 Å². The molecule has 1 heterocycles. The summed E-state index contributed by atoms with van der Waals surface area (Å²) in [5, 5.41) is 7.62. The van der Waals surface area contributed by atoms with Gasteiger partial charge < -0.3 is 14.8 Å². The summed E-state index contributed by atoms with van der Waals surface area (Å²) in [4.78, 5) is 37.7. The van der Waals surface area contributed by atoms with Crippen LogP contribution < -0.4 is 14.8 Å². The molecule has 180 valence electrons. The van der Waals surface area contributed by atoms with E-state index in [0.717, 1.165) is 11.4 Å². The molecule has 35 heavy (non-hydrogen) atoms. The zero-order valence-electron chi connectivity index (χ0n) is 19.0. The van der Waals surface area contributed by atoms with Crippen LogP contribution in [0.4, 0.5) is 10.1 Å². The molecular formula is C26H24FN3O5. The molecule has 4 unspecified atom stereocenters. The average molecular weight is 477 g/mol. The van der Waals surface area contributed by atoms with Crippen molar-refractivity contribution in [3.8, 4) is 11.5 Å². The first-order valence-corrected chi connectivity index (χ1v) is 11.5. The third-order valence-corrected chi connectivity index (χ3v) is 6.54. The van der Waals surface area contributed by atoms with E-state index >= 15 is 0 Å². The lowest BCUT2D eigenvalue weighted by atomic mass is 9.85. The lowest BCUT2D eigenvalue weighted by Gasteiger charge is -2.13. The number of rotatable bonds is 8. The number of carbonyl (C=O) groups excluding carboxylic acids is 3. The molecule has 8 nitrogen and oxygen atoms in total. The molecule has 1 saturated heterocycles. The lowest BCUT2D eigenvalue weighted by Crippen LogP contribution is -2.28. The topological polar surface area (TPSA) is 97.3 Å². The number of benzene rings is 2. The van der Waals surface area contributed by atoms with Crippen LogP contribution >= 0.6 is 0 Å². The third kappa shape index (κ3) is 4.29. The number of para-hydroxylation sites is 1. The number of anilines is 1. The van der Waals surface area contributed by atoms with Crippen molar-refractivity contribution in [1.29, 1.82) is 0 Å². The second-order valence-corrected chi connectivity index (χ2v) is 8.69. The van der Waals surface area contributed by atoms with Gasteiger partial charge in [0.1, 0.15) is 5.82 Å². The summed E-state index contributed by atoms with van der Waals surface area (Å²) in [6.07, 6.45) is 6.37. The highest BCUT2D eigenvalue weighted by molar-refractivity contribution is 6.06. The average Bonchev–Trinajstić information content (AvgIpc) is 3.53. The first-order valence-electron chi connectivity index (χ1n) is 11.5. The van der Waals surface area contributed by atoms with Crippen LogP contribution in [0.1, 0.15) is 18.9 Å². The normalized spacial score (nSPS) is 24.3. The van der Waals surface area contributed by atoms with Crippen molar-refractivity contribution in [2.24, 2.45) is 28.8 Å². The van der Waals surface area contributed by atoms with E-state index in [9.17, 15) is 18.8 Å². The van der Waals surface area contributed by atoms with E-state index in [1.165, 1.54) is 24.4 Å². The Kier molecular flexibility index (Phi) is 6.07. The van der Waals surface area contributed by atoms with Crippen LogP contribution in [0, 0.1) is 29.5 Å². The van der Waals surface area contributed by atoms with E-state index in [4.69, 9.17) is 9.47 Å². The molecule has 2 fully saturated rings. The van der Waals surface area contributed by atoms with Gasteiger partial charge >= 0.3 is 0 Å². The Morgan fingerprint density at radius 2 is 1.80 bits per heavy atom. The molecule has 2 aromatic rings. The molecule has 9 heteroatoms. The molecule has 1 N–H and O–H groups in total. The fourth-order valence-corrected chi connectivity index (χ4v) is 5.01. The van der Waals surface area contributed by atoms with E-state index in [0.29, 0.717) is 23.7 Å². The Balaban J connectivity index is 1.25. The number of hydrazone groups is 1. The molecule has 4 atom stereocenters. The Bertz CT molecular complexity index is 1210. The molecule has 0 spiro atoms. The highest BCUT2D eigenvalue weighted by atomic mass is 19.1. The molecular weight excluding hydrogens is 453 g/mol. The number of amides is 3. The lowest BCUT2D eigenvalue weighted by molar-refractivity contribution is -0.140. The maximum Gasteiger partial charge on any atom is 0.262 e. The van der Waals surface area contributed by atoms with Crippen molar-refractivity contribution in [3.05, 3.63) is 66.0 Å². The molecule has 1 saturated carbocycles. The van der Waals surface area contributed by atoms with E-state index in [1.807, 2.05) is 12.2 Å². The van der Waals surface area contributed by atoms with E-state index < -0.39 is 11.7 Å². The predicted molar refractivity (Wildman–Crippen MR) is 125 cm³/mol. The maximum absolute atomic E-state index is 13.7. The molecule has 0 radical (unpaired) electrons. The quantitative estimate of drug-likeness (QED) is 0.357. The van der Waals surface area contributed by atoms with Gasteiger partial charge in [-0.05, 0) is 61.1 Å². The maximum atomic E-state index is 13.7. The van der Waals surface area contributed by atoms with Gasteiger partial charge in [-0.15, -0.1) is 0 Å². The Hall–Kier alpha value is -4.01. The van der Waals surface area contributed by atoms with Crippen molar-refractivity contribution < 1.29 is 28.2 Å². The largest absolute Gasteiger partial charge is 0.490 e. The summed E-state index contributed by atoms with van der Waals surface area (Å²) < 4.78 is 24.9. The molecule has 2 bridgehead atoms. The SMILES string of the molecule is CCOc1cc(C=NN2C(=O)C3C4C=CC(C4)C3C2=O)ccc1OCC(=O)Nc1ccccc1F. The van der Waals surface area contributed by atoms with Gasteiger partial charge in [0.25, 0.3) is 17.7 Å². The monoisotopic (exact) mass is 477 g/mol. The minimum absolute atomic E-state index is 0.0663. The molecule has 2 aromatic carbocycles. The highest BCUT2D eigenvalue weighted by Gasteiger charge is 2.59. The first kappa shape index (κ1) is 22.8. The summed E-state index contributed by atoms with van der Waals surface area (Å²) in [5.74, 6) is -1.24. The van der Waals surface area contributed by atoms with Crippen molar-refractivity contribution >= 4 is 29.6 Å². The standard InChI is InChI=1S/C26H24FN3O5/c1-2-34-21-11-15(7-10-20(21)35-14-22(31)29-19-6-4-3-5-18(19)27)13-28-30-25(32)23-16-8-9-17(12-16)24(23)26(30)33/h3-11,13,16-17,23-24H,2,12,14H2,1H3,(H,29,31). The van der Waals surface area contributed by atoms with Gasteiger partial charge in [0.15, 0.2) is 18.1 Å². The second-order valence-electron chi connectivity index (χ2n) is 8.69.